The molecule has 0 saturated carbocycles. The Morgan fingerprint density at radius 2 is 2.29 bits per heavy atom. The molecule has 0 radical (unpaired) electrons. The van der Waals surface area contributed by atoms with E-state index >= 15 is 0 Å². The van der Waals surface area contributed by atoms with Crippen LogP contribution >= 0.6 is 27.5 Å². The van der Waals surface area contributed by atoms with Gasteiger partial charge in [-0.3, -0.25) is 0 Å². The van der Waals surface area contributed by atoms with Gasteiger partial charge in [0.05, 0.1) is 11.6 Å². The summed E-state index contributed by atoms with van der Waals surface area (Å²) in [5, 5.41) is 1.06. The van der Waals surface area contributed by atoms with Gasteiger partial charge in [-0.2, -0.15) is 0 Å². The Bertz CT molecular complexity index is 391. The fourth-order valence-electron chi connectivity index (χ4n) is 2.28. The quantitative estimate of drug-likeness (QED) is 0.758. The van der Waals surface area contributed by atoms with Crippen molar-refractivity contribution in [2.24, 2.45) is 5.41 Å². The van der Waals surface area contributed by atoms with Crippen LogP contribution in [0, 0.1) is 11.2 Å². The van der Waals surface area contributed by atoms with Crippen molar-refractivity contribution in [3.05, 3.63) is 34.6 Å². The van der Waals surface area contributed by atoms with Crippen molar-refractivity contribution < 1.29 is 9.13 Å². The van der Waals surface area contributed by atoms with E-state index in [-0.39, 0.29) is 16.3 Å². The second-order valence-corrected chi connectivity index (χ2v) is 5.68. The first-order valence-electron chi connectivity index (χ1n) is 5.73. The molecule has 1 atom stereocenters. The van der Waals surface area contributed by atoms with Crippen molar-refractivity contribution in [3.63, 3.8) is 0 Å². The minimum Gasteiger partial charge on any atom is -0.381 e. The predicted molar refractivity (Wildman–Crippen MR) is 71.4 cm³/mol. The zero-order valence-corrected chi connectivity index (χ0v) is 11.9. The van der Waals surface area contributed by atoms with E-state index in [0.29, 0.717) is 0 Å². The molecule has 1 nitrogen and oxygen atoms in total. The van der Waals surface area contributed by atoms with Gasteiger partial charge in [-0.05, 0) is 37.0 Å². The lowest BCUT2D eigenvalue weighted by molar-refractivity contribution is 0.00612. The summed E-state index contributed by atoms with van der Waals surface area (Å²) in [4.78, 5) is 0. The van der Waals surface area contributed by atoms with Crippen LogP contribution < -0.4 is 0 Å². The van der Waals surface area contributed by atoms with E-state index in [1.807, 2.05) is 6.07 Å². The van der Waals surface area contributed by atoms with Gasteiger partial charge in [-0.1, -0.05) is 33.6 Å². The molecule has 0 aromatic heterocycles. The molecule has 1 unspecified atom stereocenters. The standard InChI is InChI=1S/C13H15BrClFO/c14-8-13(4-1-5-17-9-13)7-10-2-3-11(15)12(16)6-10/h2-3,6H,1,4-5,7-9H2. The molecule has 1 aliphatic rings. The molecule has 94 valence electrons. The van der Waals surface area contributed by atoms with Crippen LogP contribution in [0.3, 0.4) is 0 Å². The highest BCUT2D eigenvalue weighted by molar-refractivity contribution is 9.09. The molecule has 0 amide bonds. The highest BCUT2D eigenvalue weighted by Gasteiger charge is 2.32. The number of halogens is 3. The summed E-state index contributed by atoms with van der Waals surface area (Å²) in [5.41, 5.74) is 1.08. The first-order valence-corrected chi connectivity index (χ1v) is 7.23. The number of ether oxygens (including phenoxy) is 1. The summed E-state index contributed by atoms with van der Waals surface area (Å²) >= 11 is 9.24. The monoisotopic (exact) mass is 320 g/mol. The third-order valence-electron chi connectivity index (χ3n) is 3.25. The van der Waals surface area contributed by atoms with E-state index in [2.05, 4.69) is 15.9 Å². The largest absolute Gasteiger partial charge is 0.381 e. The smallest absolute Gasteiger partial charge is 0.142 e. The van der Waals surface area contributed by atoms with Crippen molar-refractivity contribution in [3.8, 4) is 0 Å². The van der Waals surface area contributed by atoms with Crippen molar-refractivity contribution in [1.82, 2.24) is 0 Å². The summed E-state index contributed by atoms with van der Waals surface area (Å²) < 4.78 is 18.9. The third kappa shape index (κ3) is 3.21. The zero-order valence-electron chi connectivity index (χ0n) is 9.52. The van der Waals surface area contributed by atoms with Crippen LogP contribution in [-0.2, 0) is 11.2 Å². The summed E-state index contributed by atoms with van der Waals surface area (Å²) in [6, 6.07) is 5.05. The van der Waals surface area contributed by atoms with Gasteiger partial charge in [0, 0.05) is 17.4 Å². The van der Waals surface area contributed by atoms with Gasteiger partial charge in [0.1, 0.15) is 5.82 Å². The summed E-state index contributed by atoms with van der Waals surface area (Å²) in [5.74, 6) is -0.342. The average molecular weight is 322 g/mol. The summed E-state index contributed by atoms with van der Waals surface area (Å²) in [6.07, 6.45) is 3.01. The Labute approximate surface area is 114 Å². The van der Waals surface area contributed by atoms with Gasteiger partial charge < -0.3 is 4.74 Å². The first kappa shape index (κ1) is 13.3. The third-order valence-corrected chi connectivity index (χ3v) is 4.75. The van der Waals surface area contributed by atoms with Crippen LogP contribution in [-0.4, -0.2) is 18.5 Å². The first-order chi connectivity index (χ1) is 8.15. The topological polar surface area (TPSA) is 9.23 Å². The maximum absolute atomic E-state index is 13.4. The molecule has 0 spiro atoms. The van der Waals surface area contributed by atoms with Gasteiger partial charge in [-0.15, -0.1) is 0 Å². The number of alkyl halides is 1. The van der Waals surface area contributed by atoms with Crippen LogP contribution in [0.1, 0.15) is 18.4 Å². The fourth-order valence-corrected chi connectivity index (χ4v) is 3.04. The molecule has 1 saturated heterocycles. The molecule has 1 aliphatic heterocycles. The molecule has 17 heavy (non-hydrogen) atoms. The molecule has 0 bridgehead atoms. The molecular formula is C13H15BrClFO. The molecule has 1 aromatic carbocycles. The molecule has 4 heteroatoms. The normalized spacial score (nSPS) is 24.9. The molecule has 2 rings (SSSR count). The van der Waals surface area contributed by atoms with E-state index in [9.17, 15) is 4.39 Å². The molecular weight excluding hydrogens is 306 g/mol. The van der Waals surface area contributed by atoms with E-state index < -0.39 is 0 Å². The second kappa shape index (κ2) is 5.68. The van der Waals surface area contributed by atoms with Crippen molar-refractivity contribution in [2.75, 3.05) is 18.5 Å². The predicted octanol–water partition coefficient (Wildman–Crippen LogP) is 4.21. The highest BCUT2D eigenvalue weighted by Crippen LogP contribution is 2.34. The Morgan fingerprint density at radius 3 is 2.88 bits per heavy atom. The van der Waals surface area contributed by atoms with Gasteiger partial charge >= 0.3 is 0 Å². The fraction of sp³-hybridized carbons (Fsp3) is 0.538. The molecule has 1 fully saturated rings. The van der Waals surface area contributed by atoms with Crippen LogP contribution in [0.15, 0.2) is 18.2 Å². The molecule has 0 N–H and O–H groups in total. The van der Waals surface area contributed by atoms with Gasteiger partial charge in [0.15, 0.2) is 0 Å². The van der Waals surface area contributed by atoms with Crippen LogP contribution in [0.5, 0.6) is 0 Å². The van der Waals surface area contributed by atoms with E-state index in [4.69, 9.17) is 16.3 Å². The number of rotatable bonds is 3. The number of hydrogen-bond acceptors (Lipinski definition) is 1. The Kier molecular flexibility index (Phi) is 4.45. The molecule has 0 aliphatic carbocycles. The minimum absolute atomic E-state index is 0.0958. The average Bonchev–Trinajstić information content (AvgIpc) is 2.35. The maximum Gasteiger partial charge on any atom is 0.142 e. The van der Waals surface area contributed by atoms with Gasteiger partial charge in [-0.25, -0.2) is 4.39 Å². The second-order valence-electron chi connectivity index (χ2n) is 4.72. The Morgan fingerprint density at radius 1 is 1.47 bits per heavy atom. The maximum atomic E-state index is 13.4. The Hall–Kier alpha value is -0.120. The van der Waals surface area contributed by atoms with Gasteiger partial charge in [0.2, 0.25) is 0 Å². The van der Waals surface area contributed by atoms with Gasteiger partial charge in [0.25, 0.3) is 0 Å². The molecule has 1 heterocycles. The zero-order chi connectivity index (χ0) is 12.3. The molecule has 1 aromatic rings. The van der Waals surface area contributed by atoms with Crippen LogP contribution in [0.25, 0.3) is 0 Å². The van der Waals surface area contributed by atoms with E-state index in [1.165, 1.54) is 6.07 Å². The number of benzene rings is 1. The minimum atomic E-state index is -0.342. The lowest BCUT2D eigenvalue weighted by atomic mass is 9.79. The van der Waals surface area contributed by atoms with E-state index in [1.54, 1.807) is 6.07 Å². The van der Waals surface area contributed by atoms with Crippen molar-refractivity contribution in [1.29, 1.82) is 0 Å². The lowest BCUT2D eigenvalue weighted by Crippen LogP contribution is -2.35. The highest BCUT2D eigenvalue weighted by atomic mass is 79.9. The van der Waals surface area contributed by atoms with E-state index in [0.717, 1.165) is 43.4 Å². The summed E-state index contributed by atoms with van der Waals surface area (Å²) in [6.45, 7) is 1.58. The number of hydrogen-bond donors (Lipinski definition) is 0. The van der Waals surface area contributed by atoms with Crippen LogP contribution in [0.4, 0.5) is 4.39 Å². The van der Waals surface area contributed by atoms with Crippen molar-refractivity contribution >= 4 is 27.5 Å². The Balaban J connectivity index is 2.14. The summed E-state index contributed by atoms with van der Waals surface area (Å²) in [7, 11) is 0. The lowest BCUT2D eigenvalue weighted by Gasteiger charge is -2.35. The SMILES string of the molecule is Fc1cc(CC2(CBr)CCCOC2)ccc1Cl. The van der Waals surface area contributed by atoms with Crippen LogP contribution in [0.2, 0.25) is 5.02 Å². The van der Waals surface area contributed by atoms with Crippen molar-refractivity contribution in [2.45, 2.75) is 19.3 Å².